The zero-order chi connectivity index (χ0) is 20.5. The third-order valence-corrected chi connectivity index (χ3v) is 4.85. The second kappa shape index (κ2) is 7.37. The molecule has 2 aromatic heterocycles. The number of halogens is 1. The van der Waals surface area contributed by atoms with E-state index in [4.69, 9.17) is 11.6 Å². The number of nitro benzene ring substituents is 1. The molecule has 144 valence electrons. The molecule has 0 saturated carbocycles. The van der Waals surface area contributed by atoms with E-state index in [-0.39, 0.29) is 16.3 Å². The van der Waals surface area contributed by atoms with Gasteiger partial charge in [0.25, 0.3) is 11.6 Å². The summed E-state index contributed by atoms with van der Waals surface area (Å²) in [6, 6.07) is 15.1. The molecule has 0 atom stereocenters. The number of nitrogens with zero attached hydrogens (tertiary/aromatic N) is 3. The molecule has 2 aromatic carbocycles. The van der Waals surface area contributed by atoms with Crippen LogP contribution in [0.3, 0.4) is 0 Å². The van der Waals surface area contributed by atoms with E-state index < -0.39 is 10.8 Å². The molecule has 0 unspecified atom stereocenters. The number of imidazole rings is 1. The van der Waals surface area contributed by atoms with Gasteiger partial charge in [-0.3, -0.25) is 14.9 Å². The van der Waals surface area contributed by atoms with Crippen LogP contribution in [0, 0.1) is 17.0 Å². The molecular weight excluding hydrogens is 392 g/mol. The van der Waals surface area contributed by atoms with Gasteiger partial charge in [-0.1, -0.05) is 35.9 Å². The zero-order valence-corrected chi connectivity index (χ0v) is 16.1. The number of hydrogen-bond donors (Lipinski definition) is 1. The van der Waals surface area contributed by atoms with E-state index in [1.54, 1.807) is 12.1 Å². The number of aromatic nitrogens is 2. The van der Waals surface area contributed by atoms with Crippen LogP contribution in [-0.4, -0.2) is 20.2 Å². The Kier molecular flexibility index (Phi) is 4.74. The van der Waals surface area contributed by atoms with Crippen LogP contribution in [0.5, 0.6) is 0 Å². The Bertz CT molecular complexity index is 1270. The third-order valence-electron chi connectivity index (χ3n) is 4.53. The van der Waals surface area contributed by atoms with Gasteiger partial charge in [0, 0.05) is 29.6 Å². The fourth-order valence-electron chi connectivity index (χ4n) is 3.09. The Morgan fingerprint density at radius 3 is 2.72 bits per heavy atom. The number of anilines is 1. The SMILES string of the molecule is Cc1cccn2cc(-c3ccccc3NC(=O)c3ccc(Cl)c([N+](=O)[O-])c3)nc12. The molecule has 0 spiro atoms. The summed E-state index contributed by atoms with van der Waals surface area (Å²) in [6.07, 6.45) is 3.80. The van der Waals surface area contributed by atoms with Gasteiger partial charge in [-0.2, -0.15) is 0 Å². The van der Waals surface area contributed by atoms with Crippen LogP contribution in [-0.2, 0) is 0 Å². The van der Waals surface area contributed by atoms with Gasteiger partial charge in [-0.25, -0.2) is 4.98 Å². The van der Waals surface area contributed by atoms with Gasteiger partial charge < -0.3 is 9.72 Å². The maximum Gasteiger partial charge on any atom is 0.288 e. The van der Waals surface area contributed by atoms with E-state index in [1.807, 2.05) is 48.0 Å². The molecule has 7 nitrogen and oxygen atoms in total. The maximum atomic E-state index is 12.7. The number of para-hydroxylation sites is 1. The fraction of sp³-hybridized carbons (Fsp3) is 0.0476. The number of pyridine rings is 1. The normalized spacial score (nSPS) is 10.8. The number of aryl methyl sites for hydroxylation is 1. The van der Waals surface area contributed by atoms with Crippen LogP contribution in [0.2, 0.25) is 5.02 Å². The molecule has 0 aliphatic carbocycles. The Morgan fingerprint density at radius 2 is 1.97 bits per heavy atom. The van der Waals surface area contributed by atoms with Gasteiger partial charge in [0.15, 0.2) is 0 Å². The predicted molar refractivity (Wildman–Crippen MR) is 111 cm³/mol. The van der Waals surface area contributed by atoms with Gasteiger partial charge in [0.2, 0.25) is 0 Å². The molecule has 8 heteroatoms. The van der Waals surface area contributed by atoms with Crippen molar-refractivity contribution in [1.29, 1.82) is 0 Å². The first-order valence-electron chi connectivity index (χ1n) is 8.73. The number of rotatable bonds is 4. The first-order chi connectivity index (χ1) is 13.9. The van der Waals surface area contributed by atoms with Crippen molar-refractivity contribution in [2.24, 2.45) is 0 Å². The van der Waals surface area contributed by atoms with Gasteiger partial charge in [-0.15, -0.1) is 0 Å². The molecule has 0 saturated heterocycles. The van der Waals surface area contributed by atoms with Crippen molar-refractivity contribution in [1.82, 2.24) is 9.38 Å². The first-order valence-corrected chi connectivity index (χ1v) is 9.11. The van der Waals surface area contributed by atoms with Crippen LogP contribution in [0.25, 0.3) is 16.9 Å². The van der Waals surface area contributed by atoms with Crippen molar-refractivity contribution in [3.8, 4) is 11.3 Å². The van der Waals surface area contributed by atoms with Crippen molar-refractivity contribution < 1.29 is 9.72 Å². The number of fused-ring (bicyclic) bond motifs is 1. The highest BCUT2D eigenvalue weighted by atomic mass is 35.5. The quantitative estimate of drug-likeness (QED) is 0.376. The lowest BCUT2D eigenvalue weighted by molar-refractivity contribution is -0.384. The molecule has 0 radical (unpaired) electrons. The average Bonchev–Trinajstić information content (AvgIpc) is 3.14. The summed E-state index contributed by atoms with van der Waals surface area (Å²) in [4.78, 5) is 27.9. The Hall–Kier alpha value is -3.71. The van der Waals surface area contributed by atoms with Crippen molar-refractivity contribution in [3.63, 3.8) is 0 Å². The van der Waals surface area contributed by atoms with Crippen molar-refractivity contribution in [2.45, 2.75) is 6.92 Å². The monoisotopic (exact) mass is 406 g/mol. The molecule has 4 rings (SSSR count). The Morgan fingerprint density at radius 1 is 1.17 bits per heavy atom. The average molecular weight is 407 g/mol. The van der Waals surface area contributed by atoms with Crippen molar-refractivity contribution >= 4 is 34.5 Å². The standard InChI is InChI=1S/C21H15ClN4O3/c1-13-5-4-10-25-12-18(23-20(13)25)15-6-2-3-7-17(15)24-21(27)14-8-9-16(22)19(11-14)26(28)29/h2-12H,1H3,(H,24,27). The smallest absolute Gasteiger partial charge is 0.288 e. The second-order valence-corrected chi connectivity index (χ2v) is 6.88. The van der Waals surface area contributed by atoms with E-state index in [0.29, 0.717) is 11.4 Å². The summed E-state index contributed by atoms with van der Waals surface area (Å²) in [7, 11) is 0. The lowest BCUT2D eigenvalue weighted by Gasteiger charge is -2.09. The summed E-state index contributed by atoms with van der Waals surface area (Å²) < 4.78 is 1.92. The van der Waals surface area contributed by atoms with Crippen molar-refractivity contribution in [3.05, 3.63) is 93.3 Å². The lowest BCUT2D eigenvalue weighted by atomic mass is 10.1. The van der Waals surface area contributed by atoms with E-state index in [2.05, 4.69) is 10.3 Å². The zero-order valence-electron chi connectivity index (χ0n) is 15.3. The molecular formula is C21H15ClN4O3. The molecule has 0 aliphatic heterocycles. The lowest BCUT2D eigenvalue weighted by Crippen LogP contribution is -2.13. The van der Waals surface area contributed by atoms with Crippen LogP contribution < -0.4 is 5.32 Å². The van der Waals surface area contributed by atoms with E-state index in [1.165, 1.54) is 12.1 Å². The van der Waals surface area contributed by atoms with Gasteiger partial charge >= 0.3 is 0 Å². The van der Waals surface area contributed by atoms with Gasteiger partial charge in [0.05, 0.1) is 16.3 Å². The summed E-state index contributed by atoms with van der Waals surface area (Å²) in [5, 5.41) is 13.9. The van der Waals surface area contributed by atoms with Crippen LogP contribution in [0.1, 0.15) is 15.9 Å². The molecule has 0 aliphatic rings. The number of carbonyl (C=O) groups is 1. The molecule has 1 amide bonds. The van der Waals surface area contributed by atoms with Gasteiger partial charge in [0.1, 0.15) is 10.7 Å². The Labute approximate surface area is 170 Å². The van der Waals surface area contributed by atoms with E-state index >= 15 is 0 Å². The minimum absolute atomic E-state index is 0.0213. The number of nitrogens with one attached hydrogen (secondary N) is 1. The van der Waals surface area contributed by atoms with Gasteiger partial charge in [-0.05, 0) is 36.8 Å². The topological polar surface area (TPSA) is 89.5 Å². The first kappa shape index (κ1) is 18.6. The third kappa shape index (κ3) is 3.55. The minimum atomic E-state index is -0.619. The Balaban J connectivity index is 1.70. The molecule has 4 aromatic rings. The largest absolute Gasteiger partial charge is 0.321 e. The number of benzene rings is 2. The number of nitro groups is 1. The number of hydrogen-bond acceptors (Lipinski definition) is 4. The maximum absolute atomic E-state index is 12.7. The summed E-state index contributed by atoms with van der Waals surface area (Å²) in [6.45, 7) is 1.98. The van der Waals surface area contributed by atoms with Crippen LogP contribution in [0.4, 0.5) is 11.4 Å². The highest BCUT2D eigenvalue weighted by Crippen LogP contribution is 2.29. The minimum Gasteiger partial charge on any atom is -0.321 e. The second-order valence-electron chi connectivity index (χ2n) is 6.47. The summed E-state index contributed by atoms with van der Waals surface area (Å²) in [5.41, 5.74) is 3.69. The summed E-state index contributed by atoms with van der Waals surface area (Å²) in [5.74, 6) is -0.475. The predicted octanol–water partition coefficient (Wildman–Crippen LogP) is 5.12. The molecule has 2 heterocycles. The number of carbonyl (C=O) groups excluding carboxylic acids is 1. The van der Waals surface area contributed by atoms with E-state index in [0.717, 1.165) is 22.8 Å². The molecule has 0 bridgehead atoms. The molecule has 0 fully saturated rings. The van der Waals surface area contributed by atoms with Crippen LogP contribution >= 0.6 is 11.6 Å². The fourth-order valence-corrected chi connectivity index (χ4v) is 3.27. The van der Waals surface area contributed by atoms with E-state index in [9.17, 15) is 14.9 Å². The summed E-state index contributed by atoms with van der Waals surface area (Å²) >= 11 is 5.83. The molecule has 1 N–H and O–H groups in total. The highest BCUT2D eigenvalue weighted by molar-refractivity contribution is 6.32. The molecule has 29 heavy (non-hydrogen) atoms. The highest BCUT2D eigenvalue weighted by Gasteiger charge is 2.18. The van der Waals surface area contributed by atoms with Crippen LogP contribution in [0.15, 0.2) is 67.0 Å². The van der Waals surface area contributed by atoms with Crippen molar-refractivity contribution in [2.75, 3.05) is 5.32 Å². The number of amides is 1.